The SMILES string of the molecule is C[C@H](CO)NC(=O)c1nonc1N. The molecule has 7 heteroatoms. The molecule has 13 heavy (non-hydrogen) atoms. The van der Waals surface area contributed by atoms with Gasteiger partial charge in [-0.15, -0.1) is 0 Å². The molecular formula is C6H10N4O3. The molecule has 0 aliphatic rings. The Hall–Kier alpha value is -1.63. The van der Waals surface area contributed by atoms with E-state index in [1.54, 1.807) is 6.92 Å². The van der Waals surface area contributed by atoms with Gasteiger partial charge in [0, 0.05) is 6.04 Å². The van der Waals surface area contributed by atoms with Crippen LogP contribution in [-0.4, -0.2) is 34.0 Å². The number of aromatic nitrogens is 2. The quantitative estimate of drug-likeness (QED) is 0.544. The molecule has 1 aromatic heterocycles. The third-order valence-corrected chi connectivity index (χ3v) is 1.38. The molecule has 0 aliphatic carbocycles. The summed E-state index contributed by atoms with van der Waals surface area (Å²) >= 11 is 0. The minimum absolute atomic E-state index is 0.0670. The van der Waals surface area contributed by atoms with E-state index < -0.39 is 5.91 Å². The molecule has 0 fully saturated rings. The van der Waals surface area contributed by atoms with Crippen LogP contribution in [0.3, 0.4) is 0 Å². The Morgan fingerprint density at radius 3 is 2.92 bits per heavy atom. The van der Waals surface area contributed by atoms with Crippen LogP contribution >= 0.6 is 0 Å². The highest BCUT2D eigenvalue weighted by Crippen LogP contribution is 2.03. The highest BCUT2D eigenvalue weighted by molar-refractivity contribution is 5.96. The van der Waals surface area contributed by atoms with E-state index in [0.29, 0.717) is 0 Å². The largest absolute Gasteiger partial charge is 0.394 e. The molecule has 1 heterocycles. The summed E-state index contributed by atoms with van der Waals surface area (Å²) in [6, 6.07) is -0.358. The summed E-state index contributed by atoms with van der Waals surface area (Å²) in [5, 5.41) is 17.6. The minimum Gasteiger partial charge on any atom is -0.394 e. The second-order valence-electron chi connectivity index (χ2n) is 2.56. The van der Waals surface area contributed by atoms with Crippen molar-refractivity contribution in [3.8, 4) is 0 Å². The minimum atomic E-state index is -0.514. The summed E-state index contributed by atoms with van der Waals surface area (Å²) < 4.78 is 4.23. The summed E-state index contributed by atoms with van der Waals surface area (Å²) in [6.07, 6.45) is 0. The van der Waals surface area contributed by atoms with Crippen molar-refractivity contribution in [2.75, 3.05) is 12.3 Å². The Morgan fingerprint density at radius 2 is 2.46 bits per heavy atom. The average Bonchev–Trinajstić information content (AvgIpc) is 2.51. The van der Waals surface area contributed by atoms with Crippen LogP contribution in [0.1, 0.15) is 17.4 Å². The normalized spacial score (nSPS) is 12.5. The second-order valence-corrected chi connectivity index (χ2v) is 2.56. The number of hydrogen-bond acceptors (Lipinski definition) is 6. The number of nitrogens with zero attached hydrogens (tertiary/aromatic N) is 2. The van der Waals surface area contributed by atoms with Crippen LogP contribution in [0.2, 0.25) is 0 Å². The molecule has 4 N–H and O–H groups in total. The third-order valence-electron chi connectivity index (χ3n) is 1.38. The van der Waals surface area contributed by atoms with Gasteiger partial charge in [0.15, 0.2) is 0 Å². The van der Waals surface area contributed by atoms with E-state index in [-0.39, 0.29) is 24.2 Å². The number of nitrogens with two attached hydrogens (primary N) is 1. The summed E-state index contributed by atoms with van der Waals surface area (Å²) in [5.41, 5.74) is 5.20. The Balaban J connectivity index is 2.64. The predicted octanol–water partition coefficient (Wildman–Crippen LogP) is -1.24. The first-order chi connectivity index (χ1) is 6.15. The van der Waals surface area contributed by atoms with Crippen LogP contribution < -0.4 is 11.1 Å². The Bertz CT molecular complexity index is 298. The molecule has 1 atom stereocenters. The number of anilines is 1. The van der Waals surface area contributed by atoms with Crippen molar-refractivity contribution in [2.45, 2.75) is 13.0 Å². The second kappa shape index (κ2) is 3.85. The zero-order valence-corrected chi connectivity index (χ0v) is 7.02. The first kappa shape index (κ1) is 9.46. The molecule has 1 amide bonds. The highest BCUT2D eigenvalue weighted by Gasteiger charge is 2.17. The molecule has 0 saturated carbocycles. The first-order valence-corrected chi connectivity index (χ1v) is 3.65. The van der Waals surface area contributed by atoms with Gasteiger partial charge < -0.3 is 16.2 Å². The number of rotatable bonds is 3. The number of nitrogen functional groups attached to an aromatic ring is 1. The Morgan fingerprint density at radius 1 is 1.77 bits per heavy atom. The van der Waals surface area contributed by atoms with Gasteiger partial charge in [-0.1, -0.05) is 0 Å². The topological polar surface area (TPSA) is 114 Å². The molecule has 72 valence electrons. The molecule has 0 radical (unpaired) electrons. The van der Waals surface area contributed by atoms with E-state index >= 15 is 0 Å². The molecular weight excluding hydrogens is 176 g/mol. The number of hydrogen-bond donors (Lipinski definition) is 3. The van der Waals surface area contributed by atoms with E-state index in [9.17, 15) is 4.79 Å². The lowest BCUT2D eigenvalue weighted by Crippen LogP contribution is -2.35. The molecule has 7 nitrogen and oxygen atoms in total. The van der Waals surface area contributed by atoms with E-state index in [1.165, 1.54) is 0 Å². The molecule has 0 spiro atoms. The lowest BCUT2D eigenvalue weighted by molar-refractivity contribution is 0.0913. The van der Waals surface area contributed by atoms with Crippen LogP contribution in [0.15, 0.2) is 4.63 Å². The van der Waals surface area contributed by atoms with Gasteiger partial charge in [-0.05, 0) is 17.2 Å². The van der Waals surface area contributed by atoms with Gasteiger partial charge in [0.2, 0.25) is 11.5 Å². The monoisotopic (exact) mass is 186 g/mol. The first-order valence-electron chi connectivity index (χ1n) is 3.65. The van der Waals surface area contributed by atoms with Crippen LogP contribution in [-0.2, 0) is 0 Å². The van der Waals surface area contributed by atoms with Crippen molar-refractivity contribution in [2.24, 2.45) is 0 Å². The maximum Gasteiger partial charge on any atom is 0.277 e. The number of aliphatic hydroxyl groups excluding tert-OH is 1. The molecule has 0 aromatic carbocycles. The van der Waals surface area contributed by atoms with Crippen LogP contribution in [0.4, 0.5) is 5.82 Å². The van der Waals surface area contributed by atoms with Gasteiger partial charge in [-0.2, -0.15) is 0 Å². The lowest BCUT2D eigenvalue weighted by atomic mass is 10.3. The molecule has 0 aliphatic heterocycles. The van der Waals surface area contributed by atoms with Gasteiger partial charge in [0.1, 0.15) is 0 Å². The lowest BCUT2D eigenvalue weighted by Gasteiger charge is -2.08. The maximum absolute atomic E-state index is 11.2. The molecule has 0 saturated heterocycles. The van der Waals surface area contributed by atoms with Crippen molar-refractivity contribution < 1.29 is 14.5 Å². The number of carbonyl (C=O) groups is 1. The Kier molecular flexibility index (Phi) is 2.80. The molecule has 0 bridgehead atoms. The number of nitrogens with one attached hydrogen (secondary N) is 1. The van der Waals surface area contributed by atoms with Crippen molar-refractivity contribution in [1.29, 1.82) is 0 Å². The molecule has 1 aromatic rings. The van der Waals surface area contributed by atoms with E-state index in [1.807, 2.05) is 0 Å². The van der Waals surface area contributed by atoms with Gasteiger partial charge in [-0.25, -0.2) is 4.63 Å². The van der Waals surface area contributed by atoms with Crippen molar-refractivity contribution >= 4 is 11.7 Å². The maximum atomic E-state index is 11.2. The van der Waals surface area contributed by atoms with Gasteiger partial charge in [0.05, 0.1) is 6.61 Å². The van der Waals surface area contributed by atoms with Crippen LogP contribution in [0.25, 0.3) is 0 Å². The van der Waals surface area contributed by atoms with Crippen molar-refractivity contribution in [3.63, 3.8) is 0 Å². The number of carbonyl (C=O) groups excluding carboxylic acids is 1. The van der Waals surface area contributed by atoms with Gasteiger partial charge in [-0.3, -0.25) is 4.79 Å². The Labute approximate surface area is 73.9 Å². The zero-order valence-electron chi connectivity index (χ0n) is 7.02. The fraction of sp³-hybridized carbons (Fsp3) is 0.500. The van der Waals surface area contributed by atoms with Crippen molar-refractivity contribution in [3.05, 3.63) is 5.69 Å². The van der Waals surface area contributed by atoms with Gasteiger partial charge >= 0.3 is 0 Å². The third kappa shape index (κ3) is 2.15. The summed E-state index contributed by atoms with van der Waals surface area (Å²) in [6.45, 7) is 1.48. The summed E-state index contributed by atoms with van der Waals surface area (Å²) in [5.74, 6) is -0.581. The fourth-order valence-electron chi connectivity index (χ4n) is 0.691. The fourth-order valence-corrected chi connectivity index (χ4v) is 0.691. The number of aliphatic hydroxyl groups is 1. The van der Waals surface area contributed by atoms with E-state index in [2.05, 4.69) is 20.3 Å². The smallest absolute Gasteiger partial charge is 0.277 e. The highest BCUT2D eigenvalue weighted by atomic mass is 16.6. The average molecular weight is 186 g/mol. The van der Waals surface area contributed by atoms with E-state index in [0.717, 1.165) is 0 Å². The van der Waals surface area contributed by atoms with Crippen LogP contribution in [0.5, 0.6) is 0 Å². The summed E-state index contributed by atoms with van der Waals surface area (Å²) in [7, 11) is 0. The zero-order chi connectivity index (χ0) is 9.84. The van der Waals surface area contributed by atoms with Crippen LogP contribution in [0, 0.1) is 0 Å². The summed E-state index contributed by atoms with van der Waals surface area (Å²) in [4.78, 5) is 11.2. The van der Waals surface area contributed by atoms with Gasteiger partial charge in [0.25, 0.3) is 5.91 Å². The number of amides is 1. The molecule has 1 rings (SSSR count). The van der Waals surface area contributed by atoms with Crippen molar-refractivity contribution in [1.82, 2.24) is 15.6 Å². The van der Waals surface area contributed by atoms with E-state index in [4.69, 9.17) is 10.8 Å². The molecule has 0 unspecified atom stereocenters. The standard InChI is InChI=1S/C6H10N4O3/c1-3(2-11)8-6(12)4-5(7)10-13-9-4/h3,11H,2H2,1H3,(H2,7,10)(H,8,12)/t3-/m1/s1. The predicted molar refractivity (Wildman–Crippen MR) is 42.7 cm³/mol.